The van der Waals surface area contributed by atoms with Crippen LogP contribution in [0.1, 0.15) is 116 Å². The number of carboxylic acid groups (broad SMARTS) is 1. The van der Waals surface area contributed by atoms with E-state index < -0.39 is 11.6 Å². The fraction of sp³-hybridized carbons (Fsp3) is 0.722. The zero-order valence-corrected chi connectivity index (χ0v) is 25.6. The molecule has 3 fully saturated rings. The molecule has 1 aromatic carbocycles. The molecular weight excluding hydrogens is 512 g/mol. The highest BCUT2D eigenvalue weighted by Crippen LogP contribution is 2.69. The van der Waals surface area contributed by atoms with Crippen molar-refractivity contribution in [3.63, 3.8) is 0 Å². The highest BCUT2D eigenvalue weighted by Gasteiger charge is 2.64. The molecule has 226 valence electrons. The number of carbonyl (C=O) groups is 2. The second-order valence-corrected chi connectivity index (χ2v) is 14.5. The first-order valence-corrected chi connectivity index (χ1v) is 16.4. The van der Waals surface area contributed by atoms with Gasteiger partial charge in [0.1, 0.15) is 5.75 Å². The van der Waals surface area contributed by atoms with Crippen LogP contribution in [-0.4, -0.2) is 34.2 Å². The molecule has 0 aromatic heterocycles. The van der Waals surface area contributed by atoms with Gasteiger partial charge in [0.05, 0.1) is 12.2 Å². The number of hydrogen-bond acceptors (Lipinski definition) is 4. The van der Waals surface area contributed by atoms with Gasteiger partial charge in [0.25, 0.3) is 0 Å². The van der Waals surface area contributed by atoms with E-state index in [0.717, 1.165) is 63.5 Å². The SMILES string of the molecule is C[C@]12CCC(=O)C=C1C[C@@H](CCCCc1cccc(OCCCCCC(=O)O)c1)[C@@H]1[C@@H]2CC[C@@]2(C)[C@H]1CC[C@]2(C)O. The Bertz CT molecular complexity index is 1140. The summed E-state index contributed by atoms with van der Waals surface area (Å²) in [6, 6.07) is 8.43. The van der Waals surface area contributed by atoms with Crippen LogP contribution in [0, 0.1) is 34.5 Å². The first-order chi connectivity index (χ1) is 19.5. The quantitative estimate of drug-likeness (QED) is 0.252. The van der Waals surface area contributed by atoms with Crippen molar-refractivity contribution in [1.29, 1.82) is 0 Å². The van der Waals surface area contributed by atoms with Gasteiger partial charge in [0, 0.05) is 12.8 Å². The summed E-state index contributed by atoms with van der Waals surface area (Å²) in [5.74, 6) is 2.94. The van der Waals surface area contributed by atoms with Crippen LogP contribution < -0.4 is 4.74 Å². The van der Waals surface area contributed by atoms with Crippen molar-refractivity contribution < 1.29 is 24.5 Å². The molecule has 3 saturated carbocycles. The normalized spacial score (nSPS) is 36.2. The van der Waals surface area contributed by atoms with Crippen molar-refractivity contribution in [2.75, 3.05) is 6.61 Å². The molecule has 4 aliphatic rings. The van der Waals surface area contributed by atoms with E-state index in [4.69, 9.17) is 9.84 Å². The second-order valence-electron chi connectivity index (χ2n) is 14.5. The van der Waals surface area contributed by atoms with E-state index >= 15 is 0 Å². The number of ether oxygens (including phenoxy) is 1. The third kappa shape index (κ3) is 6.17. The van der Waals surface area contributed by atoms with Gasteiger partial charge in [-0.1, -0.05) is 38.0 Å². The van der Waals surface area contributed by atoms with Crippen molar-refractivity contribution in [3.05, 3.63) is 41.5 Å². The molecule has 4 aliphatic carbocycles. The number of aryl methyl sites for hydroxylation is 1. The molecule has 0 unspecified atom stereocenters. The number of unbranched alkanes of at least 4 members (excludes halogenated alkanes) is 3. The molecule has 1 aromatic rings. The molecule has 5 heteroatoms. The lowest BCUT2D eigenvalue weighted by atomic mass is 9.44. The van der Waals surface area contributed by atoms with Gasteiger partial charge in [-0.2, -0.15) is 0 Å². The minimum absolute atomic E-state index is 0.00514. The molecule has 5 nitrogen and oxygen atoms in total. The molecule has 0 aliphatic heterocycles. The Morgan fingerprint density at radius 3 is 2.61 bits per heavy atom. The summed E-state index contributed by atoms with van der Waals surface area (Å²) in [5.41, 5.74) is 2.33. The zero-order valence-electron chi connectivity index (χ0n) is 25.6. The van der Waals surface area contributed by atoms with E-state index in [2.05, 4.69) is 39.0 Å². The standard InChI is InChI=1S/C36H52O5/c1-34-18-15-28(37)24-27(34)23-26(33-30(34)16-19-35(2)31(33)17-20-36(35,3)40)12-7-6-10-25-11-9-13-29(22-25)41-21-8-4-5-14-32(38)39/h9,11,13,22,24,26,30-31,33,40H,4-8,10,12,14-21,23H2,1-3H3,(H,38,39)/t26-,30+,31+,33-,34+,35+,36+/m1/s1. The molecule has 5 rings (SSSR count). The van der Waals surface area contributed by atoms with Crippen LogP contribution in [0.15, 0.2) is 35.9 Å². The highest BCUT2D eigenvalue weighted by atomic mass is 16.5. The third-order valence-corrected chi connectivity index (χ3v) is 12.2. The van der Waals surface area contributed by atoms with Gasteiger partial charge in [-0.05, 0) is 142 Å². The van der Waals surface area contributed by atoms with Crippen molar-refractivity contribution in [3.8, 4) is 5.75 Å². The number of benzene rings is 1. The Morgan fingerprint density at radius 1 is 1.00 bits per heavy atom. The molecule has 2 N–H and O–H groups in total. The van der Waals surface area contributed by atoms with Crippen LogP contribution in [0.25, 0.3) is 0 Å². The number of ketones is 1. The van der Waals surface area contributed by atoms with Crippen molar-refractivity contribution in [1.82, 2.24) is 0 Å². The first-order valence-electron chi connectivity index (χ1n) is 16.4. The number of rotatable bonds is 12. The maximum Gasteiger partial charge on any atom is 0.303 e. The minimum atomic E-state index is -0.731. The molecule has 0 bridgehead atoms. The maximum atomic E-state index is 12.5. The van der Waals surface area contributed by atoms with Crippen LogP contribution >= 0.6 is 0 Å². The van der Waals surface area contributed by atoms with Gasteiger partial charge in [0.15, 0.2) is 5.78 Å². The fourth-order valence-corrected chi connectivity index (χ4v) is 9.52. The number of carboxylic acids is 1. The van der Waals surface area contributed by atoms with E-state index in [0.29, 0.717) is 48.9 Å². The molecule has 0 radical (unpaired) electrons. The Morgan fingerprint density at radius 2 is 1.80 bits per heavy atom. The average Bonchev–Trinajstić information content (AvgIpc) is 3.18. The van der Waals surface area contributed by atoms with Crippen molar-refractivity contribution >= 4 is 11.8 Å². The zero-order chi connectivity index (χ0) is 29.3. The van der Waals surface area contributed by atoms with Crippen LogP contribution in [-0.2, 0) is 16.0 Å². The van der Waals surface area contributed by atoms with E-state index in [1.165, 1.54) is 30.4 Å². The lowest BCUT2D eigenvalue weighted by Gasteiger charge is -2.61. The number of aliphatic hydroxyl groups is 1. The second kappa shape index (κ2) is 12.2. The Kier molecular flexibility index (Phi) is 9.04. The van der Waals surface area contributed by atoms with Gasteiger partial charge >= 0.3 is 5.97 Å². The van der Waals surface area contributed by atoms with Gasteiger partial charge < -0.3 is 14.9 Å². The maximum absolute atomic E-state index is 12.5. The minimum Gasteiger partial charge on any atom is -0.494 e. The Balaban J connectivity index is 1.19. The topological polar surface area (TPSA) is 83.8 Å². The Labute approximate surface area is 247 Å². The summed E-state index contributed by atoms with van der Waals surface area (Å²) in [4.78, 5) is 23.1. The van der Waals surface area contributed by atoms with Crippen LogP contribution in [0.4, 0.5) is 0 Å². The summed E-state index contributed by atoms with van der Waals surface area (Å²) < 4.78 is 5.95. The number of aliphatic carboxylic acids is 1. The van der Waals surface area contributed by atoms with Gasteiger partial charge in [-0.25, -0.2) is 0 Å². The summed E-state index contributed by atoms with van der Waals surface area (Å²) >= 11 is 0. The van der Waals surface area contributed by atoms with Crippen LogP contribution in [0.3, 0.4) is 0 Å². The Hall–Kier alpha value is -2.14. The van der Waals surface area contributed by atoms with Crippen LogP contribution in [0.5, 0.6) is 5.75 Å². The molecule has 41 heavy (non-hydrogen) atoms. The number of fused-ring (bicyclic) bond motifs is 5. The third-order valence-electron chi connectivity index (χ3n) is 12.2. The summed E-state index contributed by atoms with van der Waals surface area (Å²) in [7, 11) is 0. The lowest BCUT2D eigenvalue weighted by molar-refractivity contribution is -0.137. The molecule has 0 heterocycles. The van der Waals surface area contributed by atoms with Gasteiger partial charge in [-0.3, -0.25) is 9.59 Å². The molecule has 0 spiro atoms. The summed E-state index contributed by atoms with van der Waals surface area (Å²) in [5, 5.41) is 20.2. The summed E-state index contributed by atoms with van der Waals surface area (Å²) in [6.45, 7) is 7.55. The number of carbonyl (C=O) groups excluding carboxylic acids is 1. The number of allylic oxidation sites excluding steroid dienone is 1. The van der Waals surface area contributed by atoms with Gasteiger partial charge in [-0.15, -0.1) is 0 Å². The fourth-order valence-electron chi connectivity index (χ4n) is 9.52. The van der Waals surface area contributed by atoms with E-state index in [1.54, 1.807) is 0 Å². The first kappa shape index (κ1) is 30.3. The number of hydrogen-bond donors (Lipinski definition) is 2. The van der Waals surface area contributed by atoms with Crippen molar-refractivity contribution in [2.45, 2.75) is 123 Å². The van der Waals surface area contributed by atoms with E-state index in [1.807, 2.05) is 12.1 Å². The molecular formula is C36H52O5. The highest BCUT2D eigenvalue weighted by molar-refractivity contribution is 5.91. The summed E-state index contributed by atoms with van der Waals surface area (Å²) in [6.07, 6.45) is 16.4. The van der Waals surface area contributed by atoms with Crippen molar-refractivity contribution in [2.24, 2.45) is 34.5 Å². The molecule has 7 atom stereocenters. The largest absolute Gasteiger partial charge is 0.494 e. The molecule has 0 amide bonds. The smallest absolute Gasteiger partial charge is 0.303 e. The van der Waals surface area contributed by atoms with Crippen LogP contribution in [0.2, 0.25) is 0 Å². The van der Waals surface area contributed by atoms with Gasteiger partial charge in [0.2, 0.25) is 0 Å². The predicted molar refractivity (Wildman–Crippen MR) is 162 cm³/mol. The molecule has 0 saturated heterocycles. The monoisotopic (exact) mass is 564 g/mol. The average molecular weight is 565 g/mol. The predicted octanol–water partition coefficient (Wildman–Crippen LogP) is 7.93. The van der Waals surface area contributed by atoms with E-state index in [9.17, 15) is 14.7 Å². The lowest BCUT2D eigenvalue weighted by Crippen LogP contribution is -2.56. The van der Waals surface area contributed by atoms with E-state index in [-0.39, 0.29) is 17.3 Å².